The molecular weight excluding hydrogens is 632 g/mol. The molecular formula is C32H28BrF2N7O2. The Morgan fingerprint density at radius 1 is 1.18 bits per heavy atom. The van der Waals surface area contributed by atoms with Gasteiger partial charge >= 0.3 is 0 Å². The van der Waals surface area contributed by atoms with Crippen molar-refractivity contribution >= 4 is 26.8 Å². The Morgan fingerprint density at radius 3 is 2.80 bits per heavy atom. The summed E-state index contributed by atoms with van der Waals surface area (Å²) in [4.78, 5) is 10.1. The molecule has 0 saturated heterocycles. The Balaban J connectivity index is 1.44. The number of hydrogen-bond acceptors (Lipinski definition) is 5. The molecule has 0 aliphatic rings. The number of azide groups is 1. The molecule has 0 bridgehead atoms. The Hall–Kier alpha value is -4.69. The molecule has 0 spiro atoms. The van der Waals surface area contributed by atoms with E-state index in [4.69, 9.17) is 21.4 Å². The largest absolute Gasteiger partial charge is 0.454 e. The molecule has 5 rings (SSSR count). The maximum absolute atomic E-state index is 15.2. The van der Waals surface area contributed by atoms with E-state index in [0.717, 1.165) is 10.0 Å². The van der Waals surface area contributed by atoms with Gasteiger partial charge in [-0.15, -0.1) is 6.42 Å². The number of hydrogen-bond donors (Lipinski definition) is 1. The lowest BCUT2D eigenvalue weighted by Gasteiger charge is -2.21. The minimum Gasteiger partial charge on any atom is -0.454 e. The third-order valence-electron chi connectivity index (χ3n) is 7.05. The summed E-state index contributed by atoms with van der Waals surface area (Å²) >= 11 is 3.53. The fourth-order valence-corrected chi connectivity index (χ4v) is 5.23. The van der Waals surface area contributed by atoms with Crippen molar-refractivity contribution in [3.8, 4) is 35.2 Å². The van der Waals surface area contributed by atoms with Crippen molar-refractivity contribution in [2.24, 2.45) is 5.11 Å². The number of H-pyrrole nitrogens is 1. The van der Waals surface area contributed by atoms with E-state index in [1.165, 1.54) is 24.3 Å². The first-order chi connectivity index (χ1) is 21.2. The Bertz CT molecular complexity index is 1890. The second-order valence-electron chi connectivity index (χ2n) is 10.5. The van der Waals surface area contributed by atoms with Crippen molar-refractivity contribution in [1.29, 1.82) is 0 Å². The molecule has 224 valence electrons. The van der Waals surface area contributed by atoms with E-state index in [0.29, 0.717) is 35.9 Å². The molecule has 0 amide bonds. The van der Waals surface area contributed by atoms with Crippen LogP contribution < -0.4 is 4.74 Å². The quantitative estimate of drug-likeness (QED) is 0.0473. The van der Waals surface area contributed by atoms with Crippen LogP contribution in [0.2, 0.25) is 0 Å². The summed E-state index contributed by atoms with van der Waals surface area (Å²) in [5.41, 5.74) is 10.1. The van der Waals surface area contributed by atoms with Gasteiger partial charge in [-0.3, -0.25) is 0 Å². The van der Waals surface area contributed by atoms with Gasteiger partial charge in [0.05, 0.1) is 18.2 Å². The number of fused-ring (bicyclic) bond motifs is 1. The summed E-state index contributed by atoms with van der Waals surface area (Å²) in [5.74, 6) is 1.56. The van der Waals surface area contributed by atoms with Crippen molar-refractivity contribution in [3.63, 3.8) is 0 Å². The molecule has 1 atom stereocenters. The van der Waals surface area contributed by atoms with Crippen molar-refractivity contribution in [2.75, 3.05) is 6.61 Å². The van der Waals surface area contributed by atoms with Crippen LogP contribution in [-0.4, -0.2) is 32.0 Å². The van der Waals surface area contributed by atoms with Crippen LogP contribution >= 0.6 is 15.9 Å². The average molecular weight is 661 g/mol. The number of benzene rings is 3. The average Bonchev–Trinajstić information content (AvgIpc) is 3.68. The third kappa shape index (κ3) is 6.92. The lowest BCUT2D eigenvalue weighted by Crippen LogP contribution is -2.22. The molecule has 44 heavy (non-hydrogen) atoms. The highest BCUT2D eigenvalue weighted by Crippen LogP contribution is 2.36. The molecule has 5 aromatic rings. The van der Waals surface area contributed by atoms with Crippen LogP contribution in [-0.2, 0) is 11.3 Å². The normalized spacial score (nSPS) is 12.1. The van der Waals surface area contributed by atoms with E-state index < -0.39 is 17.2 Å². The molecule has 3 aromatic carbocycles. The van der Waals surface area contributed by atoms with E-state index in [1.807, 2.05) is 38.1 Å². The van der Waals surface area contributed by atoms with E-state index in [9.17, 15) is 0 Å². The number of nitrogens with zero attached hydrogens (tertiary/aromatic N) is 6. The molecule has 0 radical (unpaired) electrons. The maximum Gasteiger partial charge on any atom is 0.184 e. The Kier molecular flexibility index (Phi) is 9.30. The molecule has 1 N–H and O–H groups in total. The number of ether oxygens (including phenoxy) is 2. The summed E-state index contributed by atoms with van der Waals surface area (Å²) in [6.45, 7) is 3.98. The highest BCUT2D eigenvalue weighted by molar-refractivity contribution is 9.10. The zero-order valence-electron chi connectivity index (χ0n) is 24.0. The van der Waals surface area contributed by atoms with Gasteiger partial charge < -0.3 is 14.5 Å². The predicted molar refractivity (Wildman–Crippen MR) is 167 cm³/mol. The Labute approximate surface area is 261 Å². The van der Waals surface area contributed by atoms with Crippen LogP contribution in [0.4, 0.5) is 8.78 Å². The van der Waals surface area contributed by atoms with Crippen molar-refractivity contribution in [2.45, 2.75) is 44.9 Å². The first kappa shape index (κ1) is 30.8. The second kappa shape index (κ2) is 13.3. The van der Waals surface area contributed by atoms with Gasteiger partial charge in [-0.25, -0.2) is 18.4 Å². The van der Waals surface area contributed by atoms with Gasteiger partial charge in [0.15, 0.2) is 17.4 Å². The first-order valence-corrected chi connectivity index (χ1v) is 14.5. The van der Waals surface area contributed by atoms with Crippen molar-refractivity contribution in [3.05, 3.63) is 105 Å². The van der Waals surface area contributed by atoms with Crippen molar-refractivity contribution < 1.29 is 18.3 Å². The molecule has 12 heteroatoms. The summed E-state index contributed by atoms with van der Waals surface area (Å²) in [6, 6.07) is 14.7. The summed E-state index contributed by atoms with van der Waals surface area (Å²) < 4.78 is 44.7. The van der Waals surface area contributed by atoms with Crippen molar-refractivity contribution in [1.82, 2.24) is 19.7 Å². The number of aromatic amines is 1. The van der Waals surface area contributed by atoms with Crippen LogP contribution in [0.3, 0.4) is 0 Å². The minimum atomic E-state index is -0.670. The third-order valence-corrected chi connectivity index (χ3v) is 7.54. The van der Waals surface area contributed by atoms with Gasteiger partial charge in [0, 0.05) is 44.7 Å². The van der Waals surface area contributed by atoms with Crippen LogP contribution in [0.25, 0.3) is 32.7 Å². The summed E-state index contributed by atoms with van der Waals surface area (Å²) in [7, 11) is 0. The Morgan fingerprint density at radius 2 is 2.02 bits per heavy atom. The van der Waals surface area contributed by atoms with Crippen LogP contribution in [0, 0.1) is 24.0 Å². The second-order valence-corrected chi connectivity index (χ2v) is 11.4. The fourth-order valence-electron chi connectivity index (χ4n) is 4.81. The standard InChI is InChI=1S/C32H28BrF2N7O2/c1-4-32(2,3)43-14-6-9-29(20-7-5-8-21(33)15-20)42-19-38-31(40-42)24-16-22(10-11-26(24)34)44-30-25(18-39-41-36)23-12-13-37-28(23)17-27(30)35/h1,5,7-8,10-13,15-17,19,29,37H,6,9,14,18H2,2-3H3. The molecule has 0 aliphatic carbocycles. The molecule has 9 nitrogen and oxygen atoms in total. The maximum atomic E-state index is 15.2. The smallest absolute Gasteiger partial charge is 0.184 e. The molecule has 0 saturated carbocycles. The van der Waals surface area contributed by atoms with Gasteiger partial charge in [0.25, 0.3) is 0 Å². The summed E-state index contributed by atoms with van der Waals surface area (Å²) in [6.07, 6.45) is 10.1. The van der Waals surface area contributed by atoms with Gasteiger partial charge in [0.1, 0.15) is 23.5 Å². The molecule has 0 fully saturated rings. The number of aromatic nitrogens is 4. The van der Waals surface area contributed by atoms with E-state index >= 15 is 8.78 Å². The number of rotatable bonds is 12. The van der Waals surface area contributed by atoms with Gasteiger partial charge in [-0.1, -0.05) is 39.1 Å². The van der Waals surface area contributed by atoms with E-state index in [2.05, 4.69) is 46.9 Å². The molecule has 0 aliphatic heterocycles. The van der Waals surface area contributed by atoms with E-state index in [1.54, 1.807) is 23.3 Å². The van der Waals surface area contributed by atoms with Crippen LogP contribution in [0.1, 0.15) is 43.9 Å². The van der Waals surface area contributed by atoms with E-state index in [-0.39, 0.29) is 35.5 Å². The van der Waals surface area contributed by atoms with Crippen LogP contribution in [0.5, 0.6) is 11.5 Å². The predicted octanol–water partition coefficient (Wildman–Crippen LogP) is 8.87. The highest BCUT2D eigenvalue weighted by atomic mass is 79.9. The zero-order chi connectivity index (χ0) is 31.3. The SMILES string of the molecule is C#CC(C)(C)OCCCC(c1cccc(Br)c1)n1cnc(-c2cc(Oc3c(F)cc4[nH]ccc4c3CN=[N+]=[N-])ccc2F)n1. The molecule has 1 unspecified atom stereocenters. The van der Waals surface area contributed by atoms with Gasteiger partial charge in [-0.05, 0) is 74.2 Å². The number of halogens is 3. The highest BCUT2D eigenvalue weighted by Gasteiger charge is 2.21. The van der Waals surface area contributed by atoms with Gasteiger partial charge in [0.2, 0.25) is 0 Å². The fraction of sp³-hybridized carbons (Fsp3) is 0.250. The lowest BCUT2D eigenvalue weighted by molar-refractivity contribution is 0.0239. The molecule has 2 heterocycles. The molecule has 2 aromatic heterocycles. The number of nitrogens with one attached hydrogen (secondary N) is 1. The summed E-state index contributed by atoms with van der Waals surface area (Å²) in [5, 5.41) is 8.88. The first-order valence-electron chi connectivity index (χ1n) is 13.7. The zero-order valence-corrected chi connectivity index (χ0v) is 25.6. The lowest BCUT2D eigenvalue weighted by atomic mass is 10.0. The van der Waals surface area contributed by atoms with Crippen LogP contribution in [0.15, 0.2) is 76.7 Å². The monoisotopic (exact) mass is 659 g/mol. The minimum absolute atomic E-state index is 0.0769. The number of terminal acetylenes is 1. The topological polar surface area (TPSA) is 114 Å². The van der Waals surface area contributed by atoms with Gasteiger partial charge in [-0.2, -0.15) is 5.10 Å².